The van der Waals surface area contributed by atoms with Gasteiger partial charge in [0.2, 0.25) is 5.91 Å². The first-order valence-corrected chi connectivity index (χ1v) is 13.4. The number of carbonyl (C=O) groups excluding carboxylic acids is 2. The molecule has 37 heavy (non-hydrogen) atoms. The summed E-state index contributed by atoms with van der Waals surface area (Å²) in [4.78, 5) is 34.9. The number of carbonyl (C=O) groups is 2. The van der Waals surface area contributed by atoms with Gasteiger partial charge in [-0.05, 0) is 67.3 Å². The Labute approximate surface area is 214 Å². The summed E-state index contributed by atoms with van der Waals surface area (Å²) >= 11 is 0. The fourth-order valence-electron chi connectivity index (χ4n) is 6.34. The monoisotopic (exact) mass is 499 g/mol. The quantitative estimate of drug-likeness (QED) is 0.560. The maximum absolute atomic E-state index is 15.7. The number of aliphatic imine (C=N–C) groups is 1. The first-order valence-electron chi connectivity index (χ1n) is 13.4. The molecule has 2 aliphatic carbocycles. The van der Waals surface area contributed by atoms with Gasteiger partial charge in [0, 0.05) is 30.9 Å². The standard InChI is InChI=1S/C29H30FN5O2/c30-24-13-20(21-5-6-22-15-31-33-25(22)14-21)7-8-23(24)26-32-29(10-1-2-11-29)28(37)35(26)17-18-9-12-34(16-18)27(36)19-3-4-19/h5-8,13-15,18-19H,1-4,9-12,16-17H2,(H,31,33)/t18-/m1/s1. The highest BCUT2D eigenvalue weighted by Gasteiger charge is 2.51. The molecular weight excluding hydrogens is 469 g/mol. The lowest BCUT2D eigenvalue weighted by Gasteiger charge is -2.25. The van der Waals surface area contributed by atoms with E-state index in [-0.39, 0.29) is 29.5 Å². The van der Waals surface area contributed by atoms with E-state index in [1.165, 1.54) is 6.07 Å². The van der Waals surface area contributed by atoms with Crippen LogP contribution in [0.5, 0.6) is 0 Å². The fraction of sp³-hybridized carbons (Fsp3) is 0.448. The Morgan fingerprint density at radius 3 is 2.65 bits per heavy atom. The van der Waals surface area contributed by atoms with Gasteiger partial charge < -0.3 is 4.90 Å². The van der Waals surface area contributed by atoms with Crippen LogP contribution in [0.25, 0.3) is 22.0 Å². The van der Waals surface area contributed by atoms with Crippen molar-refractivity contribution in [1.82, 2.24) is 20.0 Å². The van der Waals surface area contributed by atoms with Gasteiger partial charge in [-0.2, -0.15) is 5.10 Å². The Bertz CT molecular complexity index is 1440. The van der Waals surface area contributed by atoms with Crippen LogP contribution in [0.2, 0.25) is 0 Å². The second-order valence-electron chi connectivity index (χ2n) is 11.2. The topological polar surface area (TPSA) is 81.7 Å². The zero-order valence-corrected chi connectivity index (χ0v) is 20.8. The van der Waals surface area contributed by atoms with Gasteiger partial charge in [-0.15, -0.1) is 0 Å². The van der Waals surface area contributed by atoms with Crippen molar-refractivity contribution < 1.29 is 14.0 Å². The number of likely N-dealkylation sites (tertiary alicyclic amines) is 1. The molecule has 2 aromatic carbocycles. The number of aromatic amines is 1. The van der Waals surface area contributed by atoms with Gasteiger partial charge in [0.05, 0.1) is 17.3 Å². The van der Waals surface area contributed by atoms with E-state index in [0.717, 1.165) is 60.7 Å². The zero-order valence-electron chi connectivity index (χ0n) is 20.8. The van der Waals surface area contributed by atoms with E-state index in [0.29, 0.717) is 37.3 Å². The van der Waals surface area contributed by atoms with Gasteiger partial charge in [0.25, 0.3) is 5.91 Å². The van der Waals surface area contributed by atoms with Crippen molar-refractivity contribution >= 4 is 28.6 Å². The molecule has 3 heterocycles. The van der Waals surface area contributed by atoms with Crippen molar-refractivity contribution in [3.05, 3.63) is 54.0 Å². The van der Waals surface area contributed by atoms with Gasteiger partial charge in [0.1, 0.15) is 17.2 Å². The van der Waals surface area contributed by atoms with Crippen LogP contribution in [-0.2, 0) is 9.59 Å². The molecule has 1 aromatic heterocycles. The van der Waals surface area contributed by atoms with Crippen molar-refractivity contribution in [2.24, 2.45) is 16.8 Å². The summed E-state index contributed by atoms with van der Waals surface area (Å²) in [7, 11) is 0. The fourth-order valence-corrected chi connectivity index (χ4v) is 6.34. The van der Waals surface area contributed by atoms with E-state index in [1.54, 1.807) is 17.2 Å². The molecule has 7 nitrogen and oxygen atoms in total. The van der Waals surface area contributed by atoms with Crippen LogP contribution in [0, 0.1) is 17.7 Å². The maximum atomic E-state index is 15.7. The molecule has 190 valence electrons. The van der Waals surface area contributed by atoms with Crippen molar-refractivity contribution in [2.75, 3.05) is 19.6 Å². The number of H-pyrrole nitrogens is 1. The van der Waals surface area contributed by atoms with Crippen molar-refractivity contribution in [3.63, 3.8) is 0 Å². The molecule has 0 radical (unpaired) electrons. The van der Waals surface area contributed by atoms with Gasteiger partial charge >= 0.3 is 0 Å². The van der Waals surface area contributed by atoms with Crippen LogP contribution in [0.1, 0.15) is 50.5 Å². The SMILES string of the molecule is O=C(C1CC1)N1CC[C@@H](CN2C(=O)C3(CCCC3)N=C2c2ccc(-c3ccc4cn[nH]c4c3)cc2F)C1. The van der Waals surface area contributed by atoms with Gasteiger partial charge in [-0.3, -0.25) is 24.6 Å². The highest BCUT2D eigenvalue weighted by molar-refractivity contribution is 6.15. The smallest absolute Gasteiger partial charge is 0.256 e. The summed E-state index contributed by atoms with van der Waals surface area (Å²) in [5, 5.41) is 8.03. The third-order valence-electron chi connectivity index (χ3n) is 8.60. The van der Waals surface area contributed by atoms with Crippen LogP contribution in [0.15, 0.2) is 47.6 Å². The summed E-state index contributed by atoms with van der Waals surface area (Å²) < 4.78 is 15.7. The Morgan fingerprint density at radius 1 is 1.08 bits per heavy atom. The molecule has 1 spiro atoms. The Balaban J connectivity index is 1.18. The number of benzene rings is 2. The average molecular weight is 500 g/mol. The van der Waals surface area contributed by atoms with Crippen molar-refractivity contribution in [2.45, 2.75) is 50.5 Å². The minimum atomic E-state index is -0.756. The van der Waals surface area contributed by atoms with Crippen LogP contribution < -0.4 is 0 Å². The second kappa shape index (κ2) is 8.50. The normalized spacial score (nSPS) is 23.0. The summed E-state index contributed by atoms with van der Waals surface area (Å²) in [6.07, 6.45) is 7.96. The Kier molecular flexibility index (Phi) is 5.20. The number of aromatic nitrogens is 2. The van der Waals surface area contributed by atoms with E-state index in [4.69, 9.17) is 4.99 Å². The lowest BCUT2D eigenvalue weighted by atomic mass is 9.97. The lowest BCUT2D eigenvalue weighted by Crippen LogP contribution is -2.44. The van der Waals surface area contributed by atoms with Gasteiger partial charge in [-0.25, -0.2) is 4.39 Å². The predicted octanol–water partition coefficient (Wildman–Crippen LogP) is 4.53. The molecular formula is C29H30FN5O2. The first kappa shape index (κ1) is 22.6. The van der Waals surface area contributed by atoms with Crippen LogP contribution >= 0.6 is 0 Å². The molecule has 2 amide bonds. The third kappa shape index (κ3) is 3.85. The molecule has 2 aliphatic heterocycles. The second-order valence-corrected chi connectivity index (χ2v) is 11.2. The Morgan fingerprint density at radius 2 is 1.86 bits per heavy atom. The number of halogens is 1. The minimum Gasteiger partial charge on any atom is -0.342 e. The van der Waals surface area contributed by atoms with E-state index < -0.39 is 5.54 Å². The van der Waals surface area contributed by atoms with Gasteiger partial charge in [-0.1, -0.05) is 31.0 Å². The van der Waals surface area contributed by atoms with Crippen molar-refractivity contribution in [3.8, 4) is 11.1 Å². The van der Waals surface area contributed by atoms with Crippen LogP contribution in [-0.4, -0.2) is 62.8 Å². The number of nitrogens with zero attached hydrogens (tertiary/aromatic N) is 4. The number of amides is 2. The molecule has 0 bridgehead atoms. The molecule has 3 fully saturated rings. The minimum absolute atomic E-state index is 0.000132. The average Bonchev–Trinajstić information content (AvgIpc) is 3.25. The molecule has 8 heteroatoms. The molecule has 1 N–H and O–H groups in total. The Hall–Kier alpha value is -3.55. The highest BCUT2D eigenvalue weighted by Crippen LogP contribution is 2.41. The summed E-state index contributed by atoms with van der Waals surface area (Å²) in [5.74, 6) is 0.703. The molecule has 1 atom stereocenters. The number of nitrogens with one attached hydrogen (secondary N) is 1. The van der Waals surface area contributed by atoms with E-state index >= 15 is 4.39 Å². The summed E-state index contributed by atoms with van der Waals surface area (Å²) in [6, 6.07) is 11.1. The summed E-state index contributed by atoms with van der Waals surface area (Å²) in [6.45, 7) is 1.88. The lowest BCUT2D eigenvalue weighted by molar-refractivity contribution is -0.131. The van der Waals surface area contributed by atoms with Crippen molar-refractivity contribution in [1.29, 1.82) is 0 Å². The number of amidine groups is 1. The number of fused-ring (bicyclic) bond motifs is 1. The number of hydrogen-bond acceptors (Lipinski definition) is 4. The molecule has 7 rings (SSSR count). The molecule has 4 aliphatic rings. The van der Waals surface area contributed by atoms with E-state index in [9.17, 15) is 9.59 Å². The van der Waals surface area contributed by atoms with Crippen LogP contribution in [0.4, 0.5) is 4.39 Å². The number of hydrogen-bond donors (Lipinski definition) is 1. The van der Waals surface area contributed by atoms with Crippen LogP contribution in [0.3, 0.4) is 0 Å². The largest absolute Gasteiger partial charge is 0.342 e. The summed E-state index contributed by atoms with van der Waals surface area (Å²) in [5.41, 5.74) is 2.16. The highest BCUT2D eigenvalue weighted by atomic mass is 19.1. The molecule has 0 unspecified atom stereocenters. The van der Waals surface area contributed by atoms with E-state index in [1.807, 2.05) is 29.2 Å². The molecule has 3 aromatic rings. The first-order chi connectivity index (χ1) is 18.0. The van der Waals surface area contributed by atoms with E-state index in [2.05, 4.69) is 10.2 Å². The zero-order chi connectivity index (χ0) is 25.1. The number of rotatable bonds is 5. The molecule has 1 saturated heterocycles. The predicted molar refractivity (Wildman–Crippen MR) is 138 cm³/mol. The maximum Gasteiger partial charge on any atom is 0.256 e. The third-order valence-corrected chi connectivity index (χ3v) is 8.60. The molecule has 2 saturated carbocycles. The van der Waals surface area contributed by atoms with Gasteiger partial charge in [0.15, 0.2) is 0 Å².